The van der Waals surface area contributed by atoms with Crippen LogP contribution in [-0.2, 0) is 0 Å². The molecule has 0 radical (unpaired) electrons. The van der Waals surface area contributed by atoms with Crippen molar-refractivity contribution in [3.8, 4) is 17.6 Å². The Morgan fingerprint density at radius 2 is 0.901 bits per heavy atom. The summed E-state index contributed by atoms with van der Waals surface area (Å²) in [5, 5.41) is 6.55. The van der Waals surface area contributed by atoms with Crippen LogP contribution in [0.1, 0.15) is 249 Å². The molecule has 0 fully saturated rings. The summed E-state index contributed by atoms with van der Waals surface area (Å²) in [6.45, 7) is 45.7. The molecule has 0 amide bonds. The molecule has 6 rings (SSSR count). The zero-order valence-corrected chi connectivity index (χ0v) is 51.6. The Labute approximate surface area is 492 Å². The van der Waals surface area contributed by atoms with Gasteiger partial charge in [-0.3, -0.25) is 9.97 Å². The molecule has 81 heavy (non-hydrogen) atoms. The lowest BCUT2D eigenvalue weighted by Gasteiger charge is -2.18. The van der Waals surface area contributed by atoms with Gasteiger partial charge < -0.3 is 24.8 Å². The van der Waals surface area contributed by atoms with Crippen molar-refractivity contribution in [2.45, 2.75) is 222 Å². The van der Waals surface area contributed by atoms with Gasteiger partial charge in [-0.15, -0.1) is 0 Å². The number of nitrogens with one attached hydrogen (secondary N) is 2. The van der Waals surface area contributed by atoms with Crippen molar-refractivity contribution in [3.05, 3.63) is 143 Å². The number of nitrogens with zero attached hydrogens (tertiary/aromatic N) is 7. The van der Waals surface area contributed by atoms with E-state index in [1.165, 1.54) is 17.2 Å². The quantitative estimate of drug-likeness (QED) is 0.0898. The van der Waals surface area contributed by atoms with E-state index < -0.39 is 6.43 Å². The zero-order valence-electron chi connectivity index (χ0n) is 51.6. The molecule has 5 aromatic heterocycles. The third-order valence-corrected chi connectivity index (χ3v) is 10.8. The van der Waals surface area contributed by atoms with Crippen LogP contribution < -0.4 is 24.8 Å². The van der Waals surface area contributed by atoms with E-state index >= 15 is 0 Å². The number of hydrogen-bond acceptors (Lipinski definition) is 12. The number of benzene rings is 1. The minimum absolute atomic E-state index is 0. The summed E-state index contributed by atoms with van der Waals surface area (Å²) in [6.07, 6.45) is 8.33. The van der Waals surface area contributed by atoms with Crippen LogP contribution in [0.5, 0.6) is 17.6 Å². The molecule has 6 aromatic rings. The summed E-state index contributed by atoms with van der Waals surface area (Å²) in [5.74, 6) is 7.04. The molecular formula is C67H111F2N9O3. The summed E-state index contributed by atoms with van der Waals surface area (Å²) < 4.78 is 40.4. The molecule has 5 heterocycles. The Kier molecular flexibility index (Phi) is 40.6. The number of halogens is 2. The van der Waals surface area contributed by atoms with Crippen LogP contribution in [-0.4, -0.2) is 67.3 Å². The first kappa shape index (κ1) is 78.9. The van der Waals surface area contributed by atoms with Gasteiger partial charge >= 0.3 is 0 Å². The van der Waals surface area contributed by atoms with Gasteiger partial charge in [-0.2, -0.15) is 0 Å². The van der Waals surface area contributed by atoms with E-state index in [0.29, 0.717) is 84.4 Å². The van der Waals surface area contributed by atoms with Gasteiger partial charge in [0.1, 0.15) is 11.6 Å². The minimum atomic E-state index is -2.36. The average molecular weight is 1130 g/mol. The Balaban J connectivity index is -0.000000897. The molecule has 0 atom stereocenters. The lowest BCUT2D eigenvalue weighted by molar-refractivity contribution is 0.151. The first-order chi connectivity index (χ1) is 36.5. The molecular weight excluding hydrogens is 1020 g/mol. The van der Waals surface area contributed by atoms with Gasteiger partial charge in [-0.05, 0) is 115 Å². The second-order valence-corrected chi connectivity index (χ2v) is 23.2. The lowest BCUT2D eigenvalue weighted by atomic mass is 9.99. The SMILES string of the molecule is C.C.C.CC(C)COc1cncc(C(C)C)n1.CC(C)Nc1ccc(C(C)C)cn1.CC(C)Nc1cccc(C(C)C)n1.CC(C)c1cccc(C(F)F)c1.CC(C)c1cncc(OCC(C)(C)C)n1.COc1ccc(C(C)C)cn1. The summed E-state index contributed by atoms with van der Waals surface area (Å²) in [5.41, 5.74) is 6.85. The predicted molar refractivity (Wildman–Crippen MR) is 342 cm³/mol. The predicted octanol–water partition coefficient (Wildman–Crippen LogP) is 19.6. The summed E-state index contributed by atoms with van der Waals surface area (Å²) in [7, 11) is 1.62. The molecule has 0 aliphatic rings. The number of ether oxygens (including phenoxy) is 3. The first-order valence-electron chi connectivity index (χ1n) is 27.7. The third kappa shape index (κ3) is 35.9. The van der Waals surface area contributed by atoms with Crippen molar-refractivity contribution < 1.29 is 23.0 Å². The third-order valence-electron chi connectivity index (χ3n) is 10.8. The van der Waals surface area contributed by atoms with E-state index in [1.807, 2.05) is 62.6 Å². The molecule has 2 N–H and O–H groups in total. The minimum Gasteiger partial charge on any atom is -0.481 e. The molecule has 14 heteroatoms. The average Bonchev–Trinajstić information content (AvgIpc) is 3.38. The fourth-order valence-electron chi connectivity index (χ4n) is 6.15. The van der Waals surface area contributed by atoms with E-state index in [0.717, 1.165) is 34.3 Å². The van der Waals surface area contributed by atoms with E-state index in [9.17, 15) is 8.78 Å². The van der Waals surface area contributed by atoms with E-state index in [-0.39, 0.29) is 33.3 Å². The summed E-state index contributed by atoms with van der Waals surface area (Å²) >= 11 is 0. The molecule has 0 saturated heterocycles. The Bertz CT molecular complexity index is 2470. The fourth-order valence-corrected chi connectivity index (χ4v) is 6.15. The standard InChI is InChI=1S/C12H20N2O.C11H18N2O.2C11H18N2.C10H12F2.C9H13NO.3CH4/c1-9(2)10-6-13-7-11(14-10)15-8-12(3,4)5;1-8(2)7-14-11-6-12-5-10(13-11)9(3)4;1-8(2)10-5-6-11(12-7-10)13-9(3)4;1-8(2)10-6-5-7-11(13-10)12-9(3)4;1-7(2)8-4-3-5-9(6-8)10(11)12;1-7(2)8-4-5-9(11-3)10-6-8;;;/h6-7,9H,8H2,1-5H3;5-6,8-9H,7H2,1-4H3;2*5-9H,1-4H3,(H,12,13);3-7,10H,1-2H3;4-7H,1-3H3;3*1H4. The molecule has 456 valence electrons. The van der Waals surface area contributed by atoms with Gasteiger partial charge in [-0.25, -0.2) is 33.7 Å². The van der Waals surface area contributed by atoms with Crippen molar-refractivity contribution >= 4 is 11.6 Å². The number of rotatable bonds is 17. The van der Waals surface area contributed by atoms with E-state index in [2.05, 4.69) is 189 Å². The van der Waals surface area contributed by atoms with Gasteiger partial charge in [0.2, 0.25) is 17.6 Å². The van der Waals surface area contributed by atoms with Crippen LogP contribution in [0.3, 0.4) is 0 Å². The van der Waals surface area contributed by atoms with Crippen molar-refractivity contribution in [1.29, 1.82) is 0 Å². The number of hydrogen-bond donors (Lipinski definition) is 2. The normalized spacial score (nSPS) is 10.6. The largest absolute Gasteiger partial charge is 0.481 e. The molecule has 0 aliphatic heterocycles. The van der Waals surface area contributed by atoms with Crippen LogP contribution in [0.2, 0.25) is 0 Å². The van der Waals surface area contributed by atoms with Crippen LogP contribution in [0.4, 0.5) is 20.4 Å². The van der Waals surface area contributed by atoms with Crippen LogP contribution in [0.25, 0.3) is 0 Å². The molecule has 0 saturated carbocycles. The number of anilines is 2. The van der Waals surface area contributed by atoms with Crippen molar-refractivity contribution in [3.63, 3.8) is 0 Å². The lowest BCUT2D eigenvalue weighted by Crippen LogP contribution is -2.17. The topological polar surface area (TPSA) is 142 Å². The number of methoxy groups -OCH3 is 1. The van der Waals surface area contributed by atoms with E-state index in [4.69, 9.17) is 14.2 Å². The molecule has 0 bridgehead atoms. The van der Waals surface area contributed by atoms with Crippen LogP contribution in [0.15, 0.2) is 104 Å². The number of pyridine rings is 3. The van der Waals surface area contributed by atoms with Gasteiger partial charge in [-0.1, -0.05) is 176 Å². The zero-order chi connectivity index (χ0) is 59.1. The molecule has 12 nitrogen and oxygen atoms in total. The van der Waals surface area contributed by atoms with E-state index in [1.54, 1.807) is 44.0 Å². The maximum absolute atomic E-state index is 12.2. The molecule has 0 spiro atoms. The molecule has 0 unspecified atom stereocenters. The van der Waals surface area contributed by atoms with Gasteiger partial charge in [0, 0.05) is 54.2 Å². The smallest absolute Gasteiger partial charge is 0.263 e. The van der Waals surface area contributed by atoms with Gasteiger partial charge in [0.05, 0.1) is 44.1 Å². The summed E-state index contributed by atoms with van der Waals surface area (Å²) in [6, 6.07) is 21.7. The second-order valence-electron chi connectivity index (χ2n) is 23.2. The Morgan fingerprint density at radius 1 is 0.444 bits per heavy atom. The highest BCUT2D eigenvalue weighted by Crippen LogP contribution is 2.24. The fraction of sp³-hybridized carbons (Fsp3) is 0.567. The molecule has 1 aromatic carbocycles. The van der Waals surface area contributed by atoms with Crippen LogP contribution >= 0.6 is 0 Å². The Morgan fingerprint density at radius 3 is 1.30 bits per heavy atom. The highest BCUT2D eigenvalue weighted by Gasteiger charge is 2.13. The van der Waals surface area contributed by atoms with Crippen molar-refractivity contribution in [2.75, 3.05) is 31.0 Å². The van der Waals surface area contributed by atoms with Crippen LogP contribution in [0, 0.1) is 11.3 Å². The maximum atomic E-state index is 12.2. The van der Waals surface area contributed by atoms with Crippen molar-refractivity contribution in [1.82, 2.24) is 34.9 Å². The Hall–Kier alpha value is -6.31. The number of aromatic nitrogens is 7. The number of alkyl halides is 2. The first-order valence-corrected chi connectivity index (χ1v) is 27.7. The second kappa shape index (κ2) is 41.6. The maximum Gasteiger partial charge on any atom is 0.263 e. The highest BCUT2D eigenvalue weighted by atomic mass is 19.3. The van der Waals surface area contributed by atoms with Gasteiger partial charge in [0.15, 0.2) is 0 Å². The molecule has 0 aliphatic carbocycles. The van der Waals surface area contributed by atoms with Crippen molar-refractivity contribution in [2.24, 2.45) is 11.3 Å². The summed E-state index contributed by atoms with van der Waals surface area (Å²) in [4.78, 5) is 29.9. The highest BCUT2D eigenvalue weighted by molar-refractivity contribution is 5.37. The monoisotopic (exact) mass is 1130 g/mol. The van der Waals surface area contributed by atoms with Gasteiger partial charge in [0.25, 0.3) is 6.43 Å².